The van der Waals surface area contributed by atoms with Crippen molar-refractivity contribution in [3.05, 3.63) is 79.2 Å². The Labute approximate surface area is 146 Å². The van der Waals surface area contributed by atoms with E-state index in [0.717, 1.165) is 0 Å². The van der Waals surface area contributed by atoms with Gasteiger partial charge in [-0.2, -0.15) is 0 Å². The summed E-state index contributed by atoms with van der Waals surface area (Å²) in [7, 11) is 1.17. The first-order valence-electron chi connectivity index (χ1n) is 7.48. The summed E-state index contributed by atoms with van der Waals surface area (Å²) in [5.74, 6) is -1.46. The third-order valence-electron chi connectivity index (χ3n) is 3.98. The number of fused-ring (bicyclic) bond motifs is 1. The van der Waals surface area contributed by atoms with E-state index in [-0.39, 0.29) is 28.5 Å². The first-order chi connectivity index (χ1) is 12.3. The maximum Gasteiger partial charge on any atom is 0.343 e. The minimum absolute atomic E-state index is 0.0686. The lowest BCUT2D eigenvalue weighted by atomic mass is 9.83. The highest BCUT2D eigenvalue weighted by molar-refractivity contribution is 5.92. The molecule has 9 nitrogen and oxygen atoms in total. The van der Waals surface area contributed by atoms with Gasteiger partial charge in [-0.3, -0.25) is 10.1 Å². The van der Waals surface area contributed by atoms with Gasteiger partial charge in [-0.1, -0.05) is 12.1 Å². The molecule has 0 aliphatic carbocycles. The van der Waals surface area contributed by atoms with Gasteiger partial charge in [-0.05, 0) is 12.5 Å². The quantitative estimate of drug-likeness (QED) is 0.498. The third-order valence-corrected chi connectivity index (χ3v) is 3.98. The first-order valence-corrected chi connectivity index (χ1v) is 7.48. The predicted molar refractivity (Wildman–Crippen MR) is 88.5 cm³/mol. The summed E-state index contributed by atoms with van der Waals surface area (Å²) >= 11 is 0. The topological polar surface area (TPSA) is 135 Å². The lowest BCUT2D eigenvalue weighted by molar-refractivity contribution is -0.384. The molecule has 0 saturated heterocycles. The fraction of sp³-hybridized carbons (Fsp3) is 0.176. The Bertz CT molecular complexity index is 989. The maximum atomic E-state index is 12.4. The van der Waals surface area contributed by atoms with Crippen molar-refractivity contribution in [2.75, 3.05) is 7.11 Å². The molecule has 1 aliphatic rings. The van der Waals surface area contributed by atoms with E-state index in [1.165, 1.54) is 37.4 Å². The van der Waals surface area contributed by atoms with Gasteiger partial charge in [0.1, 0.15) is 17.1 Å². The third kappa shape index (κ3) is 2.79. The smallest absolute Gasteiger partial charge is 0.343 e. The van der Waals surface area contributed by atoms with Crippen molar-refractivity contribution < 1.29 is 23.6 Å². The number of hydrogen-bond donors (Lipinski definition) is 1. The molecular formula is C17H14N2O7. The molecule has 2 aromatic rings. The number of carbonyl (C=O) groups is 1. The Morgan fingerprint density at radius 1 is 1.31 bits per heavy atom. The van der Waals surface area contributed by atoms with Crippen LogP contribution in [-0.4, -0.2) is 18.0 Å². The second-order valence-electron chi connectivity index (χ2n) is 5.58. The van der Waals surface area contributed by atoms with Gasteiger partial charge < -0.3 is 19.6 Å². The fourth-order valence-electron chi connectivity index (χ4n) is 2.85. The molecule has 2 N–H and O–H groups in total. The van der Waals surface area contributed by atoms with Gasteiger partial charge >= 0.3 is 11.6 Å². The number of nitro groups is 1. The minimum atomic E-state index is -0.941. The molecule has 3 rings (SSSR count). The van der Waals surface area contributed by atoms with Crippen LogP contribution in [0.1, 0.15) is 22.8 Å². The molecule has 0 saturated carbocycles. The van der Waals surface area contributed by atoms with E-state index in [2.05, 4.69) is 0 Å². The van der Waals surface area contributed by atoms with Crippen LogP contribution in [0.5, 0.6) is 5.75 Å². The average molecular weight is 358 g/mol. The van der Waals surface area contributed by atoms with Crippen molar-refractivity contribution in [1.82, 2.24) is 0 Å². The average Bonchev–Trinajstić information content (AvgIpc) is 2.59. The summed E-state index contributed by atoms with van der Waals surface area (Å²) in [6.07, 6.45) is 0. The van der Waals surface area contributed by atoms with Crippen LogP contribution in [-0.2, 0) is 9.53 Å². The van der Waals surface area contributed by atoms with Crippen LogP contribution in [0.3, 0.4) is 0 Å². The Morgan fingerprint density at radius 3 is 2.54 bits per heavy atom. The number of nitrogens with two attached hydrogens (primary N) is 1. The molecule has 9 heteroatoms. The molecule has 0 fully saturated rings. The van der Waals surface area contributed by atoms with Crippen LogP contribution < -0.4 is 16.1 Å². The summed E-state index contributed by atoms with van der Waals surface area (Å²) in [6.45, 7) is 1.57. The molecule has 1 atom stereocenters. The molecule has 134 valence electrons. The standard InChI is InChI=1S/C17H14N2O7/c1-8-7-11-13(17(21)25-8)12(14(15(18)26-11)16(20)24-2)9-3-5-10(6-4-9)19(22)23/h3-7,12H,18H2,1-2H3/t12-/m0/s1. The molecule has 0 amide bonds. The van der Waals surface area contributed by atoms with E-state index in [1.54, 1.807) is 6.92 Å². The van der Waals surface area contributed by atoms with Gasteiger partial charge in [-0.15, -0.1) is 0 Å². The van der Waals surface area contributed by atoms with Gasteiger partial charge in [0, 0.05) is 18.2 Å². The van der Waals surface area contributed by atoms with Crippen LogP contribution in [0.4, 0.5) is 5.69 Å². The molecule has 2 heterocycles. The van der Waals surface area contributed by atoms with Gasteiger partial charge in [0.25, 0.3) is 5.69 Å². The van der Waals surface area contributed by atoms with E-state index in [1.807, 2.05) is 0 Å². The normalized spacial score (nSPS) is 15.8. The molecule has 1 aliphatic heterocycles. The van der Waals surface area contributed by atoms with Crippen LogP contribution in [0.15, 0.2) is 51.0 Å². The van der Waals surface area contributed by atoms with E-state index in [0.29, 0.717) is 11.3 Å². The van der Waals surface area contributed by atoms with Crippen molar-refractivity contribution in [2.45, 2.75) is 12.8 Å². The van der Waals surface area contributed by atoms with Crippen molar-refractivity contribution in [1.29, 1.82) is 0 Å². The number of aryl methyl sites for hydroxylation is 1. The summed E-state index contributed by atoms with van der Waals surface area (Å²) in [6, 6.07) is 6.90. The van der Waals surface area contributed by atoms with Crippen LogP contribution in [0, 0.1) is 17.0 Å². The number of rotatable bonds is 3. The van der Waals surface area contributed by atoms with Gasteiger partial charge in [0.15, 0.2) is 0 Å². The van der Waals surface area contributed by atoms with Gasteiger partial charge in [-0.25, -0.2) is 9.59 Å². The molecule has 26 heavy (non-hydrogen) atoms. The predicted octanol–water partition coefficient (Wildman–Crippen LogP) is 1.72. The Hall–Kier alpha value is -3.62. The number of nitro benzene ring substituents is 1. The summed E-state index contributed by atoms with van der Waals surface area (Å²) in [4.78, 5) is 35.0. The molecule has 0 spiro atoms. The van der Waals surface area contributed by atoms with Gasteiger partial charge in [0.2, 0.25) is 5.88 Å². The summed E-state index contributed by atoms with van der Waals surface area (Å²) in [5, 5.41) is 10.9. The Morgan fingerprint density at radius 2 is 1.96 bits per heavy atom. The van der Waals surface area contributed by atoms with Crippen molar-refractivity contribution >= 4 is 11.7 Å². The minimum Gasteiger partial charge on any atom is -0.465 e. The van der Waals surface area contributed by atoms with Crippen molar-refractivity contribution in [3.8, 4) is 5.75 Å². The number of non-ortho nitro benzene ring substituents is 1. The lowest BCUT2D eigenvalue weighted by Gasteiger charge is -2.27. The number of carbonyl (C=O) groups excluding carboxylic acids is 1. The van der Waals surface area contributed by atoms with E-state index in [4.69, 9.17) is 19.6 Å². The highest BCUT2D eigenvalue weighted by Gasteiger charge is 2.38. The second-order valence-corrected chi connectivity index (χ2v) is 5.58. The number of benzene rings is 1. The zero-order chi connectivity index (χ0) is 19.0. The Balaban J connectivity index is 2.26. The molecule has 0 bridgehead atoms. The first kappa shape index (κ1) is 17.2. The molecule has 0 radical (unpaired) electrons. The number of esters is 1. The highest BCUT2D eigenvalue weighted by atomic mass is 16.6. The number of hydrogen-bond acceptors (Lipinski definition) is 8. The molecule has 1 aromatic carbocycles. The van der Waals surface area contributed by atoms with E-state index >= 15 is 0 Å². The van der Waals surface area contributed by atoms with Crippen LogP contribution in [0.25, 0.3) is 0 Å². The number of ether oxygens (including phenoxy) is 2. The fourth-order valence-corrected chi connectivity index (χ4v) is 2.85. The molecular weight excluding hydrogens is 344 g/mol. The molecule has 1 aromatic heterocycles. The summed E-state index contributed by atoms with van der Waals surface area (Å²) < 4.78 is 15.3. The second kappa shape index (κ2) is 6.36. The summed E-state index contributed by atoms with van der Waals surface area (Å²) in [5.41, 5.74) is 5.48. The van der Waals surface area contributed by atoms with Crippen molar-refractivity contribution in [3.63, 3.8) is 0 Å². The lowest BCUT2D eigenvalue weighted by Crippen LogP contribution is -2.30. The number of methoxy groups -OCH3 is 1. The van der Waals surface area contributed by atoms with Gasteiger partial charge in [0.05, 0.1) is 23.5 Å². The highest BCUT2D eigenvalue weighted by Crippen LogP contribution is 2.41. The zero-order valence-corrected chi connectivity index (χ0v) is 13.8. The number of nitrogens with zero attached hydrogens (tertiary/aromatic N) is 1. The molecule has 0 unspecified atom stereocenters. The largest absolute Gasteiger partial charge is 0.465 e. The van der Waals surface area contributed by atoms with E-state index in [9.17, 15) is 19.7 Å². The SMILES string of the molecule is COC(=O)C1=C(N)Oc2cc(C)oc(=O)c2[C@@H]1c1ccc([N+](=O)[O-])cc1. The van der Waals surface area contributed by atoms with Crippen LogP contribution >= 0.6 is 0 Å². The van der Waals surface area contributed by atoms with Crippen LogP contribution in [0.2, 0.25) is 0 Å². The Kier molecular flexibility index (Phi) is 4.21. The zero-order valence-electron chi connectivity index (χ0n) is 13.8. The monoisotopic (exact) mass is 358 g/mol. The van der Waals surface area contributed by atoms with E-state index < -0.39 is 22.4 Å². The van der Waals surface area contributed by atoms with Crippen molar-refractivity contribution in [2.24, 2.45) is 5.73 Å². The maximum absolute atomic E-state index is 12.4.